The molecule has 0 aliphatic rings. The zero-order valence-corrected chi connectivity index (χ0v) is 27.0. The molecule has 0 bridgehead atoms. The highest BCUT2D eigenvalue weighted by Crippen LogP contribution is 2.33. The summed E-state index contributed by atoms with van der Waals surface area (Å²) in [5.74, 6) is -0.400. The number of hydrogen-bond donors (Lipinski definition) is 2. The van der Waals surface area contributed by atoms with E-state index in [1.54, 1.807) is 41.2 Å². The molecule has 2 N–H and O–H groups in total. The van der Waals surface area contributed by atoms with Crippen LogP contribution in [0.1, 0.15) is 50.9 Å². The molecule has 3 rings (SSSR count). The van der Waals surface area contributed by atoms with Crippen LogP contribution in [-0.4, -0.2) is 72.5 Å². The van der Waals surface area contributed by atoms with E-state index >= 15 is 0 Å². The van der Waals surface area contributed by atoms with Crippen molar-refractivity contribution in [2.24, 2.45) is 12.5 Å². The number of ether oxygens (including phenoxy) is 2. The van der Waals surface area contributed by atoms with Crippen molar-refractivity contribution in [1.29, 1.82) is 5.41 Å². The van der Waals surface area contributed by atoms with Gasteiger partial charge in [-0.05, 0) is 36.2 Å². The van der Waals surface area contributed by atoms with E-state index in [-0.39, 0.29) is 12.2 Å². The van der Waals surface area contributed by atoms with Gasteiger partial charge in [-0.25, -0.2) is 14.2 Å². The Bertz CT molecular complexity index is 1400. The summed E-state index contributed by atoms with van der Waals surface area (Å²) >= 11 is 6.47. The average molecular weight is 617 g/mol. The van der Waals surface area contributed by atoms with E-state index in [0.717, 1.165) is 11.2 Å². The molecule has 0 saturated carbocycles. The topological polar surface area (TPSA) is 113 Å². The molecule has 2 aromatic carbocycles. The molecule has 2 atom stereocenters. The number of carbonyl (C=O) groups excluding carboxylic acids is 2. The van der Waals surface area contributed by atoms with Gasteiger partial charge in [0.05, 0.1) is 24.5 Å². The second-order valence-electron chi connectivity index (χ2n) is 11.6. The summed E-state index contributed by atoms with van der Waals surface area (Å²) < 4.78 is 27.2. The number of carbonyl (C=O) groups is 2. The van der Waals surface area contributed by atoms with Crippen LogP contribution < -0.4 is 10.1 Å². The Balaban J connectivity index is 0.00000119. The molecule has 1 heterocycles. The Hall–Kier alpha value is -3.96. The molecule has 0 saturated heterocycles. The fourth-order valence-electron chi connectivity index (χ4n) is 3.90. The van der Waals surface area contributed by atoms with Crippen LogP contribution in [0.3, 0.4) is 0 Å². The molecule has 10 nitrogen and oxygen atoms in total. The van der Waals surface area contributed by atoms with Gasteiger partial charge in [-0.15, -0.1) is 0 Å². The molecule has 0 radical (unpaired) electrons. The number of methoxy groups -OCH3 is 1. The highest BCUT2D eigenvalue weighted by molar-refractivity contribution is 6.33. The standard InChI is InChI=1S/C26H30ClFN6O4.C5H12/c1-30-23(18-8-7-17(37-5)13-21(18)28)25(35)34(15-29)22(14-38-26(36)32(2)3)16-6-9-20(27)19(12-16)24-31-10-11-33(24)4;1-5(2,3)4/h6-13,15,22-23,29-30H,14H2,1-5H3;1-4H3. The predicted molar refractivity (Wildman–Crippen MR) is 167 cm³/mol. The first-order valence-electron chi connectivity index (χ1n) is 13.6. The number of imidazole rings is 1. The molecule has 0 spiro atoms. The first kappa shape index (κ1) is 35.2. The summed E-state index contributed by atoms with van der Waals surface area (Å²) in [5, 5.41) is 11.4. The third-order valence-corrected chi connectivity index (χ3v) is 6.28. The Morgan fingerprint density at radius 2 is 1.84 bits per heavy atom. The van der Waals surface area contributed by atoms with Crippen molar-refractivity contribution in [2.75, 3.05) is 34.9 Å². The van der Waals surface area contributed by atoms with Gasteiger partial charge in [0.1, 0.15) is 30.0 Å². The Morgan fingerprint density at radius 3 is 2.33 bits per heavy atom. The van der Waals surface area contributed by atoms with Crippen molar-refractivity contribution in [3.63, 3.8) is 0 Å². The number of nitrogens with zero attached hydrogens (tertiary/aromatic N) is 4. The SMILES string of the molecule is CC(C)(C)C.CNC(C(=O)N(C=N)C(COC(=O)N(C)C)c1ccc(Cl)c(-c2nccn2C)c1)c1ccc(OC)cc1F. The van der Waals surface area contributed by atoms with E-state index in [1.165, 1.54) is 45.3 Å². The number of benzene rings is 2. The first-order chi connectivity index (χ1) is 20.1. The third-order valence-electron chi connectivity index (χ3n) is 5.95. The molecule has 43 heavy (non-hydrogen) atoms. The second-order valence-corrected chi connectivity index (χ2v) is 12.0. The molecule has 3 aromatic rings. The quantitative estimate of drug-likeness (QED) is 0.211. The summed E-state index contributed by atoms with van der Waals surface area (Å²) in [7, 11) is 7.80. The van der Waals surface area contributed by atoms with Crippen molar-refractivity contribution in [3.05, 3.63) is 70.8 Å². The zero-order chi connectivity index (χ0) is 32.5. The fourth-order valence-corrected chi connectivity index (χ4v) is 4.10. The van der Waals surface area contributed by atoms with Crippen LogP contribution >= 0.6 is 11.6 Å². The van der Waals surface area contributed by atoms with Crippen LogP contribution in [0.25, 0.3) is 11.4 Å². The largest absolute Gasteiger partial charge is 0.497 e. The van der Waals surface area contributed by atoms with Crippen LogP contribution in [0.15, 0.2) is 48.8 Å². The first-order valence-corrected chi connectivity index (χ1v) is 13.9. The molecule has 0 aliphatic carbocycles. The molecule has 12 heteroatoms. The molecule has 234 valence electrons. The van der Waals surface area contributed by atoms with Crippen molar-refractivity contribution in [2.45, 2.75) is 39.8 Å². The third kappa shape index (κ3) is 9.79. The van der Waals surface area contributed by atoms with E-state index < -0.39 is 29.9 Å². The van der Waals surface area contributed by atoms with Crippen LogP contribution in [0.5, 0.6) is 5.75 Å². The number of hydrogen-bond acceptors (Lipinski definition) is 7. The maximum atomic E-state index is 14.9. The minimum absolute atomic E-state index is 0.0685. The lowest BCUT2D eigenvalue weighted by Crippen LogP contribution is -2.43. The highest BCUT2D eigenvalue weighted by Gasteiger charge is 2.33. The van der Waals surface area contributed by atoms with E-state index in [0.29, 0.717) is 33.1 Å². The van der Waals surface area contributed by atoms with E-state index in [4.69, 9.17) is 26.5 Å². The summed E-state index contributed by atoms with van der Waals surface area (Å²) in [4.78, 5) is 32.7. The van der Waals surface area contributed by atoms with Crippen LogP contribution in [-0.2, 0) is 16.6 Å². The number of likely N-dealkylation sites (N-methyl/N-ethyl adjacent to an activating group) is 1. The summed E-state index contributed by atoms with van der Waals surface area (Å²) in [6.45, 7) is 8.47. The maximum absolute atomic E-state index is 14.9. The van der Waals surface area contributed by atoms with Gasteiger partial charge < -0.3 is 24.3 Å². The van der Waals surface area contributed by atoms with Crippen LogP contribution in [0.2, 0.25) is 5.02 Å². The van der Waals surface area contributed by atoms with Gasteiger partial charge >= 0.3 is 6.09 Å². The number of aromatic nitrogens is 2. The van der Waals surface area contributed by atoms with Gasteiger partial charge in [0, 0.05) is 50.7 Å². The smallest absolute Gasteiger partial charge is 0.409 e. The van der Waals surface area contributed by atoms with Gasteiger partial charge in [0.2, 0.25) is 5.91 Å². The summed E-state index contributed by atoms with van der Waals surface area (Å²) in [6.07, 6.45) is 3.60. The van der Waals surface area contributed by atoms with Crippen LogP contribution in [0, 0.1) is 16.6 Å². The van der Waals surface area contributed by atoms with E-state index in [9.17, 15) is 14.0 Å². The molecule has 0 aliphatic heterocycles. The van der Waals surface area contributed by atoms with Gasteiger partial charge in [0.15, 0.2) is 0 Å². The van der Waals surface area contributed by atoms with Gasteiger partial charge in [0.25, 0.3) is 0 Å². The van der Waals surface area contributed by atoms with Gasteiger partial charge in [-0.3, -0.25) is 15.1 Å². The number of rotatable bonds is 10. The number of aryl methyl sites for hydroxylation is 1. The summed E-state index contributed by atoms with van der Waals surface area (Å²) in [5.41, 5.74) is 1.68. The maximum Gasteiger partial charge on any atom is 0.409 e. The van der Waals surface area contributed by atoms with Crippen molar-refractivity contribution in [3.8, 4) is 17.1 Å². The molecule has 1 aromatic heterocycles. The van der Waals surface area contributed by atoms with Crippen molar-refractivity contribution in [1.82, 2.24) is 24.7 Å². The van der Waals surface area contributed by atoms with Crippen molar-refractivity contribution >= 4 is 29.9 Å². The highest BCUT2D eigenvalue weighted by atomic mass is 35.5. The molecular formula is C31H42ClFN6O4. The lowest BCUT2D eigenvalue weighted by Gasteiger charge is -2.31. The van der Waals surface area contributed by atoms with E-state index in [1.807, 2.05) is 7.05 Å². The average Bonchev–Trinajstić information content (AvgIpc) is 3.36. The monoisotopic (exact) mass is 616 g/mol. The van der Waals surface area contributed by atoms with Gasteiger partial charge in [-0.2, -0.15) is 0 Å². The molecule has 2 unspecified atom stereocenters. The lowest BCUT2D eigenvalue weighted by molar-refractivity contribution is -0.132. The number of amides is 2. The fraction of sp³-hybridized carbons (Fsp3) is 0.419. The molecule has 0 fully saturated rings. The number of nitrogens with one attached hydrogen (secondary N) is 2. The Labute approximate surface area is 258 Å². The normalized spacial score (nSPS) is 12.3. The second kappa shape index (κ2) is 15.5. The molecular weight excluding hydrogens is 575 g/mol. The van der Waals surface area contributed by atoms with Crippen LogP contribution in [0.4, 0.5) is 9.18 Å². The Kier molecular flexibility index (Phi) is 12.7. The minimum atomic E-state index is -1.14. The minimum Gasteiger partial charge on any atom is -0.497 e. The lowest BCUT2D eigenvalue weighted by atomic mass is 10.00. The number of halogens is 2. The zero-order valence-electron chi connectivity index (χ0n) is 26.2. The summed E-state index contributed by atoms with van der Waals surface area (Å²) in [6, 6.07) is 7.13. The Morgan fingerprint density at radius 1 is 1.19 bits per heavy atom. The van der Waals surface area contributed by atoms with Gasteiger partial charge in [-0.1, -0.05) is 51.4 Å². The van der Waals surface area contributed by atoms with E-state index in [2.05, 4.69) is 38.0 Å². The molecule has 2 amide bonds. The predicted octanol–water partition coefficient (Wildman–Crippen LogP) is 6.08. The van der Waals surface area contributed by atoms with Crippen molar-refractivity contribution < 1.29 is 23.5 Å².